The maximum Gasteiger partial charge on any atom is 0.195 e. The number of fused-ring (bicyclic) bond motifs is 4. The molecule has 2 saturated heterocycles. The van der Waals surface area contributed by atoms with Crippen LogP contribution in [0.5, 0.6) is 0 Å². The van der Waals surface area contributed by atoms with Gasteiger partial charge in [-0.25, -0.2) is 0 Å². The van der Waals surface area contributed by atoms with Crippen LogP contribution in [0.15, 0.2) is 84.9 Å². The quantitative estimate of drug-likeness (QED) is 0.144. The molecule has 0 unspecified atom stereocenters. The first kappa shape index (κ1) is 35.7. The van der Waals surface area contributed by atoms with Crippen molar-refractivity contribution in [1.82, 2.24) is 39.2 Å². The molecule has 0 spiro atoms. The average Bonchev–Trinajstić information content (AvgIpc) is 3.79. The number of aromatic nitrogens is 4. The Bertz CT molecular complexity index is 2380. The van der Waals surface area contributed by atoms with Gasteiger partial charge in [0.1, 0.15) is 11.4 Å². The van der Waals surface area contributed by atoms with Gasteiger partial charge >= 0.3 is 0 Å². The fraction of sp³-hybridized carbons (Fsp3) is 0.318. The Kier molecular flexibility index (Phi) is 9.36. The zero-order chi connectivity index (χ0) is 37.9. The van der Waals surface area contributed by atoms with E-state index in [2.05, 4.69) is 53.2 Å². The van der Waals surface area contributed by atoms with Crippen LogP contribution >= 0.6 is 23.2 Å². The molecule has 10 nitrogen and oxygen atoms in total. The molecule has 0 atom stereocenters. The highest BCUT2D eigenvalue weighted by Crippen LogP contribution is 2.42. The Labute approximate surface area is 335 Å². The first-order chi connectivity index (χ1) is 27.4. The molecule has 4 aliphatic rings. The van der Waals surface area contributed by atoms with Gasteiger partial charge in [-0.3, -0.25) is 38.6 Å². The van der Waals surface area contributed by atoms with E-state index in [1.54, 1.807) is 12.1 Å². The van der Waals surface area contributed by atoms with Crippen molar-refractivity contribution in [3.8, 4) is 22.5 Å². The maximum absolute atomic E-state index is 13.3. The van der Waals surface area contributed by atoms with Crippen molar-refractivity contribution in [2.24, 2.45) is 0 Å². The summed E-state index contributed by atoms with van der Waals surface area (Å²) in [6.45, 7) is 13.6. The number of hydrogen-bond acceptors (Lipinski definition) is 8. The van der Waals surface area contributed by atoms with Crippen LogP contribution < -0.4 is 0 Å². The average molecular weight is 786 g/mol. The van der Waals surface area contributed by atoms with Gasteiger partial charge in [0.25, 0.3) is 0 Å². The van der Waals surface area contributed by atoms with E-state index in [1.165, 1.54) is 0 Å². The second kappa shape index (κ2) is 14.7. The molecule has 0 bridgehead atoms. The summed E-state index contributed by atoms with van der Waals surface area (Å²) in [5, 5.41) is 12.9. The number of nitrogens with zero attached hydrogens (tertiary/aromatic N) is 8. The predicted molar refractivity (Wildman–Crippen MR) is 222 cm³/mol. The lowest BCUT2D eigenvalue weighted by molar-refractivity contribution is 0.103. The van der Waals surface area contributed by atoms with Gasteiger partial charge in [0.15, 0.2) is 11.6 Å². The molecule has 4 aromatic carbocycles. The molecule has 0 amide bonds. The fourth-order valence-electron chi connectivity index (χ4n) is 9.04. The van der Waals surface area contributed by atoms with Gasteiger partial charge in [-0.15, -0.1) is 0 Å². The van der Waals surface area contributed by atoms with Crippen molar-refractivity contribution in [1.29, 1.82) is 0 Å². The zero-order valence-corrected chi connectivity index (χ0v) is 32.6. The minimum atomic E-state index is -0.0224. The standard InChI is InChI=1S/C44H42Cl2N8O2/c45-33-11-3-7-29-37(33)43(55)31-9-5-13-35-39(31)41(29)47-53(35)27-25-51-21-17-49(18-22-51)15-1-2-16-50-19-23-52(24-20-50)26-28-54-36-14-6-10-32-40(36)42(48-54)30-8-4-12-34(46)38(30)44(32)56/h1-14H,15-28H2/b2-1+. The minimum Gasteiger partial charge on any atom is -0.299 e. The molecule has 10 rings (SSSR count). The highest BCUT2D eigenvalue weighted by Gasteiger charge is 2.32. The molecule has 2 aliphatic carbocycles. The van der Waals surface area contributed by atoms with E-state index in [9.17, 15) is 9.59 Å². The third kappa shape index (κ3) is 6.20. The number of carbonyl (C=O) groups is 2. The number of ketones is 2. The van der Waals surface area contributed by atoms with Gasteiger partial charge in [0, 0.05) is 112 Å². The molecule has 6 aromatic rings. The summed E-state index contributed by atoms with van der Waals surface area (Å²) >= 11 is 13.0. The molecule has 2 aliphatic heterocycles. The smallest absolute Gasteiger partial charge is 0.195 e. The van der Waals surface area contributed by atoms with E-state index in [1.807, 2.05) is 48.5 Å². The minimum absolute atomic E-state index is 0.0224. The first-order valence-electron chi connectivity index (χ1n) is 19.6. The van der Waals surface area contributed by atoms with E-state index in [4.69, 9.17) is 33.4 Å². The highest BCUT2D eigenvalue weighted by molar-refractivity contribution is 6.39. The molecule has 2 aromatic heterocycles. The molecule has 2 fully saturated rings. The first-order valence-corrected chi connectivity index (χ1v) is 20.4. The number of piperazine rings is 2. The second-order valence-electron chi connectivity index (χ2n) is 15.3. The third-order valence-electron chi connectivity index (χ3n) is 12.1. The Balaban J connectivity index is 0.676. The summed E-state index contributed by atoms with van der Waals surface area (Å²) in [4.78, 5) is 36.8. The summed E-state index contributed by atoms with van der Waals surface area (Å²) in [6.07, 6.45) is 4.67. The summed E-state index contributed by atoms with van der Waals surface area (Å²) < 4.78 is 4.14. The Hall–Kier alpha value is -4.68. The molecular weight excluding hydrogens is 743 g/mol. The van der Waals surface area contributed by atoms with Crippen LogP contribution in [0.1, 0.15) is 31.8 Å². The topological polar surface area (TPSA) is 82.7 Å². The van der Waals surface area contributed by atoms with Crippen molar-refractivity contribution < 1.29 is 9.59 Å². The van der Waals surface area contributed by atoms with Crippen LogP contribution in [0.3, 0.4) is 0 Å². The third-order valence-corrected chi connectivity index (χ3v) is 12.7. The molecule has 284 valence electrons. The SMILES string of the molecule is O=C1c2c(Cl)cccc2-c2nn(CCN3CCN(C/C=C/CN4CCN(CCn5nc6c7c(cccc75)C(=O)c5c(Cl)cccc5-6)CC4)CC3)c3cccc1c23. The lowest BCUT2D eigenvalue weighted by atomic mass is 9.87. The fourth-order valence-corrected chi connectivity index (χ4v) is 9.56. The molecular formula is C44H42Cl2N8O2. The van der Waals surface area contributed by atoms with Crippen molar-refractivity contribution >= 4 is 56.6 Å². The summed E-state index contributed by atoms with van der Waals surface area (Å²) in [7, 11) is 0. The van der Waals surface area contributed by atoms with Crippen LogP contribution in [0.2, 0.25) is 10.0 Å². The molecule has 0 N–H and O–H groups in total. The van der Waals surface area contributed by atoms with Gasteiger partial charge < -0.3 is 0 Å². The summed E-state index contributed by atoms with van der Waals surface area (Å²) in [6, 6.07) is 23.1. The van der Waals surface area contributed by atoms with Crippen molar-refractivity contribution in [3.63, 3.8) is 0 Å². The Morgan fingerprint density at radius 2 is 0.857 bits per heavy atom. The van der Waals surface area contributed by atoms with Crippen LogP contribution in [0.4, 0.5) is 0 Å². The molecule has 12 heteroatoms. The van der Waals surface area contributed by atoms with Crippen molar-refractivity contribution in [3.05, 3.63) is 117 Å². The summed E-state index contributed by atoms with van der Waals surface area (Å²) in [5.41, 5.74) is 7.86. The molecule has 56 heavy (non-hydrogen) atoms. The molecule has 0 saturated carbocycles. The number of carbonyl (C=O) groups excluding carboxylic acids is 2. The lowest BCUT2D eigenvalue weighted by Crippen LogP contribution is -2.47. The van der Waals surface area contributed by atoms with E-state index in [0.29, 0.717) is 32.3 Å². The van der Waals surface area contributed by atoms with Crippen LogP contribution in [0, 0.1) is 0 Å². The number of halogens is 2. The van der Waals surface area contributed by atoms with Gasteiger partial charge in [0.2, 0.25) is 0 Å². The van der Waals surface area contributed by atoms with E-state index in [0.717, 1.165) is 136 Å². The molecule has 0 radical (unpaired) electrons. The maximum atomic E-state index is 13.3. The number of benzene rings is 4. The van der Waals surface area contributed by atoms with Gasteiger partial charge in [-0.05, 0) is 24.3 Å². The van der Waals surface area contributed by atoms with E-state index in [-0.39, 0.29) is 11.6 Å². The molecule has 4 heterocycles. The van der Waals surface area contributed by atoms with Crippen molar-refractivity contribution in [2.75, 3.05) is 78.5 Å². The lowest BCUT2D eigenvalue weighted by Gasteiger charge is -2.34. The predicted octanol–water partition coefficient (Wildman–Crippen LogP) is 6.61. The largest absolute Gasteiger partial charge is 0.299 e. The van der Waals surface area contributed by atoms with Crippen LogP contribution in [0.25, 0.3) is 44.3 Å². The Morgan fingerprint density at radius 1 is 0.482 bits per heavy atom. The monoisotopic (exact) mass is 784 g/mol. The highest BCUT2D eigenvalue weighted by atomic mass is 35.5. The zero-order valence-electron chi connectivity index (χ0n) is 31.1. The number of hydrogen-bond donors (Lipinski definition) is 0. The van der Waals surface area contributed by atoms with E-state index >= 15 is 0 Å². The van der Waals surface area contributed by atoms with Gasteiger partial charge in [0.05, 0.1) is 45.3 Å². The normalized spacial score (nSPS) is 17.8. The van der Waals surface area contributed by atoms with Crippen LogP contribution in [-0.4, -0.2) is 129 Å². The Morgan fingerprint density at radius 3 is 1.29 bits per heavy atom. The van der Waals surface area contributed by atoms with Gasteiger partial charge in [-0.1, -0.05) is 83.9 Å². The second-order valence-corrected chi connectivity index (χ2v) is 16.1. The summed E-state index contributed by atoms with van der Waals surface area (Å²) in [5.74, 6) is -0.0449. The van der Waals surface area contributed by atoms with Crippen molar-refractivity contribution in [2.45, 2.75) is 13.1 Å². The van der Waals surface area contributed by atoms with E-state index < -0.39 is 0 Å². The van der Waals surface area contributed by atoms with Crippen LogP contribution in [-0.2, 0) is 13.1 Å². The number of rotatable bonds is 10. The van der Waals surface area contributed by atoms with Gasteiger partial charge in [-0.2, -0.15) is 10.2 Å².